The summed E-state index contributed by atoms with van der Waals surface area (Å²) >= 11 is 0. The van der Waals surface area contributed by atoms with Gasteiger partial charge in [0.05, 0.1) is 13.2 Å². The highest BCUT2D eigenvalue weighted by Crippen LogP contribution is 2.30. The summed E-state index contributed by atoms with van der Waals surface area (Å²) in [6.45, 7) is 0.117. The van der Waals surface area contributed by atoms with E-state index in [1.165, 1.54) is 18.2 Å². The number of nitrogens with two attached hydrogens (primary N) is 1. The smallest absolute Gasteiger partial charge is 0.402 e. The molecule has 4 N–H and O–H groups in total. The molecule has 1 aliphatic rings. The number of benzene rings is 2. The van der Waals surface area contributed by atoms with E-state index in [1.54, 1.807) is 0 Å². The summed E-state index contributed by atoms with van der Waals surface area (Å²) in [6, 6.07) is 6.12. The second-order valence-corrected chi connectivity index (χ2v) is 8.80. The number of halogens is 5. The van der Waals surface area contributed by atoms with E-state index in [9.17, 15) is 30.4 Å². The molecular formula is C19H22B2F5NO9S. The molecule has 0 radical (unpaired) electrons. The van der Waals surface area contributed by atoms with Gasteiger partial charge in [-0.2, -0.15) is 21.6 Å². The SMILES string of the molecule is Nc1ccc(F)cc1COB(O)O.O=S(=O)(Oc1ccc(F)cc1COB1OCCCCO1)C(F)(F)F. The van der Waals surface area contributed by atoms with Crippen molar-refractivity contribution in [3.05, 3.63) is 59.2 Å². The molecule has 0 unspecified atom stereocenters. The average molecular weight is 557 g/mol. The molecule has 0 atom stereocenters. The van der Waals surface area contributed by atoms with Gasteiger partial charge in [-0.15, -0.1) is 0 Å². The average Bonchev–Trinajstić information content (AvgIpc) is 3.08. The largest absolute Gasteiger partial charge is 0.639 e. The maximum absolute atomic E-state index is 13.3. The quantitative estimate of drug-likeness (QED) is 0.145. The number of hydrogen-bond acceptors (Lipinski definition) is 10. The van der Waals surface area contributed by atoms with Crippen molar-refractivity contribution in [1.82, 2.24) is 0 Å². The molecule has 0 spiro atoms. The first-order valence-corrected chi connectivity index (χ1v) is 11.8. The standard InChI is InChI=1S/C12H13BF4O6S.C7H9BFNO3/c14-10-3-4-11(23-24(18,19)12(15,16)17)9(7-10)8-22-13-20-5-1-2-6-21-13;9-6-1-2-7(10)5(3-6)4-13-8(11)12/h3-4,7H,1-2,5-6,8H2;1-3,11-12H,4,10H2. The van der Waals surface area contributed by atoms with Crippen LogP contribution in [-0.2, 0) is 41.9 Å². The predicted molar refractivity (Wildman–Crippen MR) is 119 cm³/mol. The van der Waals surface area contributed by atoms with Crippen molar-refractivity contribution in [2.24, 2.45) is 0 Å². The van der Waals surface area contributed by atoms with E-state index in [0.29, 0.717) is 24.5 Å². The zero-order valence-electron chi connectivity index (χ0n) is 19.0. The highest BCUT2D eigenvalue weighted by atomic mass is 32.2. The molecule has 3 rings (SSSR count). The van der Waals surface area contributed by atoms with Gasteiger partial charge < -0.3 is 38.6 Å². The Hall–Kier alpha value is -2.47. The van der Waals surface area contributed by atoms with Crippen LogP contribution in [0.15, 0.2) is 36.4 Å². The van der Waals surface area contributed by atoms with Gasteiger partial charge in [0.1, 0.15) is 17.4 Å². The summed E-state index contributed by atoms with van der Waals surface area (Å²) in [6.07, 6.45) is 1.50. The van der Waals surface area contributed by atoms with Crippen LogP contribution in [0.3, 0.4) is 0 Å². The molecule has 1 saturated heterocycles. The van der Waals surface area contributed by atoms with Gasteiger partial charge in [-0.05, 0) is 49.2 Å². The lowest BCUT2D eigenvalue weighted by atomic mass is 10.1. The minimum atomic E-state index is -5.88. The molecule has 1 heterocycles. The number of alkyl halides is 3. The third-order valence-corrected chi connectivity index (χ3v) is 5.39. The molecule has 10 nitrogen and oxygen atoms in total. The fourth-order valence-electron chi connectivity index (χ4n) is 2.64. The molecule has 37 heavy (non-hydrogen) atoms. The molecule has 2 aromatic carbocycles. The lowest BCUT2D eigenvalue weighted by molar-refractivity contribution is -0.0500. The summed E-state index contributed by atoms with van der Waals surface area (Å²) in [5, 5.41) is 16.7. The summed E-state index contributed by atoms with van der Waals surface area (Å²) < 4.78 is 109. The zero-order chi connectivity index (χ0) is 27.6. The van der Waals surface area contributed by atoms with Gasteiger partial charge in [-0.1, -0.05) is 0 Å². The summed E-state index contributed by atoms with van der Waals surface area (Å²) in [4.78, 5) is 0. The maximum Gasteiger partial charge on any atom is 0.639 e. The van der Waals surface area contributed by atoms with E-state index in [2.05, 4.69) is 8.84 Å². The van der Waals surface area contributed by atoms with Crippen molar-refractivity contribution in [2.75, 3.05) is 18.9 Å². The molecule has 0 aliphatic carbocycles. The van der Waals surface area contributed by atoms with E-state index >= 15 is 0 Å². The Kier molecular flexibility index (Phi) is 11.5. The van der Waals surface area contributed by atoms with E-state index < -0.39 is 54.3 Å². The van der Waals surface area contributed by atoms with Crippen molar-refractivity contribution < 1.29 is 63.2 Å². The minimum absolute atomic E-state index is 0.138. The molecular weight excluding hydrogens is 535 g/mol. The number of anilines is 1. The first-order valence-electron chi connectivity index (χ1n) is 10.4. The second kappa shape index (κ2) is 13.9. The second-order valence-electron chi connectivity index (χ2n) is 7.26. The molecule has 18 heteroatoms. The highest BCUT2D eigenvalue weighted by molar-refractivity contribution is 7.88. The van der Waals surface area contributed by atoms with E-state index in [-0.39, 0.29) is 12.2 Å². The van der Waals surface area contributed by atoms with Crippen LogP contribution in [-0.4, -0.2) is 51.8 Å². The Balaban J connectivity index is 0.000000312. The van der Waals surface area contributed by atoms with Crippen LogP contribution >= 0.6 is 0 Å². The monoisotopic (exact) mass is 557 g/mol. The summed E-state index contributed by atoms with van der Waals surface area (Å²) in [5.74, 6) is -1.93. The van der Waals surface area contributed by atoms with Crippen molar-refractivity contribution >= 4 is 30.4 Å². The molecule has 0 saturated carbocycles. The minimum Gasteiger partial charge on any atom is -0.402 e. The third kappa shape index (κ3) is 10.4. The lowest BCUT2D eigenvalue weighted by Gasteiger charge is -2.15. The summed E-state index contributed by atoms with van der Waals surface area (Å²) in [5.41, 5.74) is 0.356. The first-order chi connectivity index (χ1) is 17.3. The van der Waals surface area contributed by atoms with Crippen LogP contribution in [0.1, 0.15) is 24.0 Å². The lowest BCUT2D eigenvalue weighted by Crippen LogP contribution is -2.29. The summed E-state index contributed by atoms with van der Waals surface area (Å²) in [7, 11) is -8.83. The normalized spacial score (nSPS) is 14.4. The molecule has 2 aromatic rings. The third-order valence-electron chi connectivity index (χ3n) is 4.42. The van der Waals surface area contributed by atoms with Gasteiger partial charge in [-0.3, -0.25) is 0 Å². The fraction of sp³-hybridized carbons (Fsp3) is 0.368. The van der Waals surface area contributed by atoms with Gasteiger partial charge in [0, 0.05) is 30.0 Å². The Morgan fingerprint density at radius 1 is 0.973 bits per heavy atom. The predicted octanol–water partition coefficient (Wildman–Crippen LogP) is 2.28. The van der Waals surface area contributed by atoms with E-state index in [1.807, 2.05) is 0 Å². The molecule has 0 aromatic heterocycles. The van der Waals surface area contributed by atoms with Gasteiger partial charge in [0.2, 0.25) is 0 Å². The number of hydrogen-bond donors (Lipinski definition) is 3. The van der Waals surface area contributed by atoms with Crippen LogP contribution in [0.4, 0.5) is 27.6 Å². The molecule has 204 valence electrons. The fourth-order valence-corrected chi connectivity index (χ4v) is 3.13. The van der Waals surface area contributed by atoms with Crippen LogP contribution < -0.4 is 9.92 Å². The molecule has 1 fully saturated rings. The number of rotatable bonds is 8. The van der Waals surface area contributed by atoms with Gasteiger partial charge in [0.25, 0.3) is 0 Å². The van der Waals surface area contributed by atoms with Gasteiger partial charge in [-0.25, -0.2) is 8.78 Å². The van der Waals surface area contributed by atoms with Crippen molar-refractivity contribution in [2.45, 2.75) is 31.6 Å². The van der Waals surface area contributed by atoms with Crippen LogP contribution in [0.25, 0.3) is 0 Å². The van der Waals surface area contributed by atoms with Gasteiger partial charge in [0.15, 0.2) is 0 Å². The van der Waals surface area contributed by atoms with Crippen LogP contribution in [0.5, 0.6) is 5.75 Å². The first kappa shape index (κ1) is 30.8. The van der Waals surface area contributed by atoms with Crippen molar-refractivity contribution in [3.8, 4) is 5.75 Å². The Bertz CT molecular complexity index is 1120. The zero-order valence-corrected chi connectivity index (χ0v) is 19.8. The number of nitrogen functional groups attached to an aromatic ring is 1. The topological polar surface area (TPSA) is 147 Å². The van der Waals surface area contributed by atoms with E-state index in [0.717, 1.165) is 31.0 Å². The van der Waals surface area contributed by atoms with Crippen LogP contribution in [0, 0.1) is 11.6 Å². The molecule has 1 aliphatic heterocycles. The maximum atomic E-state index is 13.3. The van der Waals surface area contributed by atoms with Gasteiger partial charge >= 0.3 is 30.3 Å². The molecule has 0 bridgehead atoms. The highest BCUT2D eigenvalue weighted by Gasteiger charge is 2.48. The Labute approximate surface area is 209 Å². The molecule has 0 amide bonds. The van der Waals surface area contributed by atoms with Crippen molar-refractivity contribution in [3.63, 3.8) is 0 Å². The van der Waals surface area contributed by atoms with Crippen LogP contribution in [0.2, 0.25) is 0 Å². The van der Waals surface area contributed by atoms with Crippen molar-refractivity contribution in [1.29, 1.82) is 0 Å². The van der Waals surface area contributed by atoms with E-state index in [4.69, 9.17) is 29.7 Å². The Morgan fingerprint density at radius 2 is 1.54 bits per heavy atom. The Morgan fingerprint density at radius 3 is 2.11 bits per heavy atom.